The van der Waals surface area contributed by atoms with Crippen LogP contribution in [0.4, 0.5) is 11.8 Å². The minimum atomic E-state index is 0.305. The van der Waals surface area contributed by atoms with Crippen LogP contribution in [0.15, 0.2) is 0 Å². The van der Waals surface area contributed by atoms with Crippen LogP contribution in [0.5, 0.6) is 0 Å². The first-order valence-corrected chi connectivity index (χ1v) is 10.9. The van der Waals surface area contributed by atoms with Gasteiger partial charge >= 0.3 is 0 Å². The summed E-state index contributed by atoms with van der Waals surface area (Å²) < 4.78 is 0. The van der Waals surface area contributed by atoms with Crippen LogP contribution >= 0.6 is 0 Å². The number of anilines is 2. The first kappa shape index (κ1) is 16.8. The number of nitrogens with zero attached hydrogens (tertiary/aromatic N) is 3. The van der Waals surface area contributed by atoms with Crippen LogP contribution in [0.25, 0.3) is 0 Å². The molecule has 5 nitrogen and oxygen atoms in total. The van der Waals surface area contributed by atoms with Crippen molar-refractivity contribution >= 4 is 11.8 Å². The van der Waals surface area contributed by atoms with Gasteiger partial charge < -0.3 is 16.0 Å². The number of hydrogen-bond donors (Lipinski definition) is 2. The zero-order valence-electron chi connectivity index (χ0n) is 16.0. The summed E-state index contributed by atoms with van der Waals surface area (Å²) in [5, 5.41) is 3.65. The van der Waals surface area contributed by atoms with Crippen LogP contribution in [-0.2, 0) is 11.8 Å². The maximum absolute atomic E-state index is 6.28. The first-order chi connectivity index (χ1) is 12.8. The van der Waals surface area contributed by atoms with Crippen molar-refractivity contribution in [2.24, 2.45) is 5.92 Å². The van der Waals surface area contributed by atoms with E-state index < -0.39 is 0 Å². The van der Waals surface area contributed by atoms with Gasteiger partial charge in [0, 0.05) is 23.6 Å². The second kappa shape index (κ2) is 6.66. The highest BCUT2D eigenvalue weighted by Crippen LogP contribution is 2.50. The normalized spacial score (nSPS) is 30.7. The van der Waals surface area contributed by atoms with Crippen LogP contribution in [0.2, 0.25) is 0 Å². The molecule has 5 rings (SSSR count). The molecule has 5 heteroatoms. The van der Waals surface area contributed by atoms with Crippen LogP contribution < -0.4 is 16.0 Å². The quantitative estimate of drug-likeness (QED) is 0.810. The molecule has 0 radical (unpaired) electrons. The van der Waals surface area contributed by atoms with E-state index >= 15 is 0 Å². The van der Waals surface area contributed by atoms with Crippen molar-refractivity contribution in [1.82, 2.24) is 15.3 Å². The van der Waals surface area contributed by atoms with E-state index in [0.29, 0.717) is 17.4 Å². The summed E-state index contributed by atoms with van der Waals surface area (Å²) in [4.78, 5) is 12.4. The molecule has 4 aliphatic rings. The summed E-state index contributed by atoms with van der Waals surface area (Å²) >= 11 is 0. The van der Waals surface area contributed by atoms with Gasteiger partial charge in [-0.3, -0.25) is 0 Å². The van der Waals surface area contributed by atoms with E-state index in [-0.39, 0.29) is 0 Å². The van der Waals surface area contributed by atoms with E-state index in [2.05, 4.69) is 10.2 Å². The van der Waals surface area contributed by atoms with Gasteiger partial charge in [-0.25, -0.2) is 4.98 Å². The second-order valence-corrected chi connectivity index (χ2v) is 9.08. The highest BCUT2D eigenvalue weighted by atomic mass is 15.3. The number of nitrogens with two attached hydrogens (primary N) is 1. The smallest absolute Gasteiger partial charge is 0.222 e. The molecule has 2 atom stereocenters. The van der Waals surface area contributed by atoms with Gasteiger partial charge in [0.1, 0.15) is 5.82 Å². The molecular formula is C21H33N5. The Hall–Kier alpha value is -1.36. The molecule has 1 spiro atoms. The Bertz CT molecular complexity index is 667. The monoisotopic (exact) mass is 355 g/mol. The van der Waals surface area contributed by atoms with E-state index in [0.717, 1.165) is 32.0 Å². The van der Waals surface area contributed by atoms with E-state index in [1.165, 1.54) is 81.3 Å². The van der Waals surface area contributed by atoms with Gasteiger partial charge in [0.05, 0.1) is 5.69 Å². The third-order valence-corrected chi connectivity index (χ3v) is 7.60. The number of nitrogens with one attached hydrogen (secondary N) is 1. The molecule has 0 amide bonds. The molecule has 3 fully saturated rings. The molecule has 26 heavy (non-hydrogen) atoms. The molecule has 3 N–H and O–H groups in total. The maximum Gasteiger partial charge on any atom is 0.222 e. The minimum absolute atomic E-state index is 0.305. The average molecular weight is 356 g/mol. The van der Waals surface area contributed by atoms with E-state index in [1.54, 1.807) is 0 Å². The topological polar surface area (TPSA) is 67.1 Å². The van der Waals surface area contributed by atoms with Gasteiger partial charge in [-0.15, -0.1) is 0 Å². The third kappa shape index (κ3) is 2.70. The van der Waals surface area contributed by atoms with Crippen LogP contribution in [0.3, 0.4) is 0 Å². The molecule has 1 aromatic heterocycles. The molecule has 3 heterocycles. The lowest BCUT2D eigenvalue weighted by molar-refractivity contribution is 0.314. The minimum Gasteiger partial charge on any atom is -0.368 e. The number of hydrogen-bond acceptors (Lipinski definition) is 5. The summed E-state index contributed by atoms with van der Waals surface area (Å²) in [6.45, 7) is 3.46. The second-order valence-electron chi connectivity index (χ2n) is 9.08. The number of rotatable bonds is 1. The lowest BCUT2D eigenvalue weighted by atomic mass is 9.71. The van der Waals surface area contributed by atoms with Crippen molar-refractivity contribution in [2.45, 2.75) is 82.1 Å². The average Bonchev–Trinajstić information content (AvgIpc) is 2.98. The fourth-order valence-corrected chi connectivity index (χ4v) is 6.41. The van der Waals surface area contributed by atoms with E-state index in [9.17, 15) is 0 Å². The van der Waals surface area contributed by atoms with Crippen molar-refractivity contribution in [2.75, 3.05) is 30.3 Å². The van der Waals surface area contributed by atoms with E-state index in [4.69, 9.17) is 15.7 Å². The van der Waals surface area contributed by atoms with Crippen molar-refractivity contribution in [3.05, 3.63) is 11.3 Å². The van der Waals surface area contributed by atoms with Crippen molar-refractivity contribution < 1.29 is 0 Å². The Morgan fingerprint density at radius 1 is 1.00 bits per heavy atom. The standard InChI is InChI=1S/C21H33N5/c22-20-24-18-16(7-3-11-21(18)9-1-2-10-21)19(25-20)26-13-5-6-15-14-23-12-4-8-17(15)26/h15,17,23H,1-14H2,(H2,22,24,25). The zero-order chi connectivity index (χ0) is 17.6. The SMILES string of the molecule is Nc1nc(N2CCCC3CNCCCC32)c2c(n1)C1(CCCC1)CCC2. The van der Waals surface area contributed by atoms with Crippen LogP contribution in [0, 0.1) is 5.92 Å². The van der Waals surface area contributed by atoms with Gasteiger partial charge in [-0.05, 0) is 76.8 Å². The van der Waals surface area contributed by atoms with Gasteiger partial charge in [-0.1, -0.05) is 12.8 Å². The van der Waals surface area contributed by atoms with E-state index in [1.807, 2.05) is 0 Å². The Morgan fingerprint density at radius 2 is 1.85 bits per heavy atom. The molecule has 0 aromatic carbocycles. The summed E-state index contributed by atoms with van der Waals surface area (Å²) in [5.41, 5.74) is 9.36. The molecule has 1 saturated carbocycles. The van der Waals surface area contributed by atoms with Gasteiger partial charge in [-0.2, -0.15) is 4.98 Å². The summed E-state index contributed by atoms with van der Waals surface area (Å²) in [6.07, 6.45) is 14.2. The molecule has 2 aliphatic carbocycles. The van der Waals surface area contributed by atoms with Crippen LogP contribution in [-0.4, -0.2) is 35.6 Å². The van der Waals surface area contributed by atoms with Gasteiger partial charge in [0.25, 0.3) is 0 Å². The number of aromatic nitrogens is 2. The summed E-state index contributed by atoms with van der Waals surface area (Å²) in [7, 11) is 0. The molecule has 1 aromatic rings. The fourth-order valence-electron chi connectivity index (χ4n) is 6.41. The predicted octanol–water partition coefficient (Wildman–Crippen LogP) is 3.18. The molecule has 142 valence electrons. The largest absolute Gasteiger partial charge is 0.368 e. The lowest BCUT2D eigenvalue weighted by Crippen LogP contribution is -2.48. The molecule has 2 saturated heterocycles. The Balaban J connectivity index is 1.57. The Morgan fingerprint density at radius 3 is 2.73 bits per heavy atom. The predicted molar refractivity (Wildman–Crippen MR) is 105 cm³/mol. The molecule has 2 aliphatic heterocycles. The maximum atomic E-state index is 6.28. The third-order valence-electron chi connectivity index (χ3n) is 7.60. The number of piperidine rings is 1. The first-order valence-electron chi connectivity index (χ1n) is 10.9. The molecule has 2 unspecified atom stereocenters. The number of nitrogen functional groups attached to an aromatic ring is 1. The number of fused-ring (bicyclic) bond motifs is 3. The Labute approximate surface area is 157 Å². The van der Waals surface area contributed by atoms with Crippen molar-refractivity contribution in [3.63, 3.8) is 0 Å². The van der Waals surface area contributed by atoms with Crippen molar-refractivity contribution in [1.29, 1.82) is 0 Å². The highest BCUT2D eigenvalue weighted by Gasteiger charge is 2.43. The summed E-state index contributed by atoms with van der Waals surface area (Å²) in [6, 6.07) is 0.624. The molecular weight excluding hydrogens is 322 g/mol. The Kier molecular flexibility index (Phi) is 4.30. The highest BCUT2D eigenvalue weighted by molar-refractivity contribution is 5.56. The zero-order valence-corrected chi connectivity index (χ0v) is 16.0. The lowest BCUT2D eigenvalue weighted by Gasteiger charge is -2.44. The van der Waals surface area contributed by atoms with Crippen LogP contribution in [0.1, 0.15) is 75.5 Å². The summed E-state index contributed by atoms with van der Waals surface area (Å²) in [5.74, 6) is 2.46. The van der Waals surface area contributed by atoms with Crippen molar-refractivity contribution in [3.8, 4) is 0 Å². The van der Waals surface area contributed by atoms with Gasteiger partial charge in [0.15, 0.2) is 0 Å². The molecule has 0 bridgehead atoms. The van der Waals surface area contributed by atoms with Gasteiger partial charge in [0.2, 0.25) is 5.95 Å². The fraction of sp³-hybridized carbons (Fsp3) is 0.810.